The van der Waals surface area contributed by atoms with Crippen LogP contribution in [0.4, 0.5) is 9.59 Å². The Labute approximate surface area is 212 Å². The second-order valence-electron chi connectivity index (χ2n) is 10.3. The molecule has 36 heavy (non-hydrogen) atoms. The van der Waals surface area contributed by atoms with E-state index in [2.05, 4.69) is 5.32 Å². The van der Waals surface area contributed by atoms with Crippen molar-refractivity contribution in [2.45, 2.75) is 77.4 Å². The molecular formula is C28H37N2O6+. The van der Waals surface area contributed by atoms with E-state index in [4.69, 9.17) is 9.47 Å². The van der Waals surface area contributed by atoms with Crippen LogP contribution in [0, 0.1) is 0 Å². The summed E-state index contributed by atoms with van der Waals surface area (Å²) >= 11 is 0. The van der Waals surface area contributed by atoms with Gasteiger partial charge in [-0.1, -0.05) is 60.7 Å². The van der Waals surface area contributed by atoms with Crippen molar-refractivity contribution >= 4 is 18.1 Å². The number of nitrogens with one attached hydrogen (secondary N) is 1. The van der Waals surface area contributed by atoms with E-state index in [0.717, 1.165) is 11.1 Å². The van der Waals surface area contributed by atoms with Crippen molar-refractivity contribution in [2.75, 3.05) is 6.54 Å². The quantitative estimate of drug-likeness (QED) is 0.552. The number of rotatable bonds is 7. The maximum absolute atomic E-state index is 13.8. The number of alkyl carbamates (subject to hydrolysis) is 1. The summed E-state index contributed by atoms with van der Waals surface area (Å²) in [7, 11) is 0. The predicted molar refractivity (Wildman–Crippen MR) is 135 cm³/mol. The largest absolute Gasteiger partial charge is 0.524 e. The van der Waals surface area contributed by atoms with Gasteiger partial charge >= 0.3 is 18.1 Å². The number of hydrogen-bond acceptors (Lipinski definition) is 6. The molecule has 1 heterocycles. The van der Waals surface area contributed by atoms with E-state index in [1.54, 1.807) is 20.8 Å². The molecule has 8 nitrogen and oxygen atoms in total. The number of amides is 3. The van der Waals surface area contributed by atoms with Gasteiger partial charge in [0.15, 0.2) is 6.10 Å². The average Bonchev–Trinajstić information content (AvgIpc) is 3.24. The summed E-state index contributed by atoms with van der Waals surface area (Å²) in [6.07, 6.45) is -1.62. The zero-order chi connectivity index (χ0) is 26.3. The average molecular weight is 498 g/mol. The zero-order valence-electron chi connectivity index (χ0n) is 21.5. The zero-order valence-corrected chi connectivity index (χ0v) is 21.5. The molecule has 1 unspecified atom stereocenters. The standard InChI is InChI=1S/C28H36N2O6/c1-20-12-11-17-30(20,27(34)36-28(2,3)4)25(32)24(31)23(18-21-13-7-5-8-14-21)29-26(33)35-19-22-15-9-6-10-16-22/h5-10,13-16,20,23-24,31H,11-12,17-19H2,1-4H3/p+1/t20-,23-,24?,30+/m0/s1. The number of benzene rings is 2. The first-order valence-corrected chi connectivity index (χ1v) is 12.4. The van der Waals surface area contributed by atoms with Crippen LogP contribution >= 0.6 is 0 Å². The van der Waals surface area contributed by atoms with Crippen molar-refractivity contribution in [1.82, 2.24) is 5.32 Å². The number of aliphatic hydroxyl groups excluding tert-OH is 1. The van der Waals surface area contributed by atoms with Gasteiger partial charge in [-0.2, -0.15) is 9.28 Å². The minimum atomic E-state index is -1.65. The molecule has 0 radical (unpaired) electrons. The monoisotopic (exact) mass is 497 g/mol. The van der Waals surface area contributed by atoms with E-state index in [1.807, 2.05) is 67.6 Å². The van der Waals surface area contributed by atoms with Gasteiger partial charge in [-0.25, -0.2) is 9.59 Å². The molecule has 194 valence electrons. The van der Waals surface area contributed by atoms with Crippen LogP contribution in [-0.4, -0.2) is 58.0 Å². The molecule has 2 aromatic carbocycles. The van der Waals surface area contributed by atoms with E-state index in [-0.39, 0.29) is 25.6 Å². The molecule has 1 saturated heterocycles. The van der Waals surface area contributed by atoms with Crippen molar-refractivity contribution in [2.24, 2.45) is 0 Å². The highest BCUT2D eigenvalue weighted by atomic mass is 16.6. The summed E-state index contributed by atoms with van der Waals surface area (Å²) < 4.78 is 10.4. The third-order valence-electron chi connectivity index (χ3n) is 6.45. The molecule has 2 aromatic rings. The fourth-order valence-electron chi connectivity index (χ4n) is 4.54. The van der Waals surface area contributed by atoms with Crippen molar-refractivity contribution in [3.63, 3.8) is 0 Å². The van der Waals surface area contributed by atoms with Crippen LogP contribution in [-0.2, 0) is 27.3 Å². The highest BCUT2D eigenvalue weighted by Gasteiger charge is 2.58. The van der Waals surface area contributed by atoms with Crippen molar-refractivity contribution < 1.29 is 33.4 Å². The van der Waals surface area contributed by atoms with E-state index in [0.29, 0.717) is 12.8 Å². The van der Waals surface area contributed by atoms with Gasteiger partial charge in [0, 0.05) is 12.8 Å². The first-order chi connectivity index (χ1) is 17.0. The predicted octanol–water partition coefficient (Wildman–Crippen LogP) is 4.35. The summed E-state index contributed by atoms with van der Waals surface area (Å²) in [5.74, 6) is -0.682. The van der Waals surface area contributed by atoms with E-state index < -0.39 is 40.3 Å². The third-order valence-corrected chi connectivity index (χ3v) is 6.45. The van der Waals surface area contributed by atoms with Crippen LogP contribution in [0.1, 0.15) is 51.7 Å². The summed E-state index contributed by atoms with van der Waals surface area (Å²) in [4.78, 5) is 39.8. The second-order valence-corrected chi connectivity index (χ2v) is 10.3. The Morgan fingerprint density at radius 2 is 1.61 bits per heavy atom. The lowest BCUT2D eigenvalue weighted by molar-refractivity contribution is -0.795. The van der Waals surface area contributed by atoms with Crippen LogP contribution in [0.25, 0.3) is 0 Å². The Balaban J connectivity index is 1.83. The topological polar surface area (TPSA) is 102 Å². The maximum atomic E-state index is 13.8. The molecule has 0 aliphatic carbocycles. The van der Waals surface area contributed by atoms with Gasteiger partial charge in [0.25, 0.3) is 0 Å². The third kappa shape index (κ3) is 6.71. The lowest BCUT2D eigenvalue weighted by Crippen LogP contribution is -2.66. The van der Waals surface area contributed by atoms with Gasteiger partial charge in [0.1, 0.15) is 18.2 Å². The molecule has 1 fully saturated rings. The number of likely N-dealkylation sites (tertiary alicyclic amines) is 1. The fraction of sp³-hybridized carbons (Fsp3) is 0.464. The molecule has 0 aromatic heterocycles. The number of ether oxygens (including phenoxy) is 2. The normalized spacial score (nSPS) is 21.3. The second kappa shape index (κ2) is 11.7. The first kappa shape index (κ1) is 27.4. The molecule has 4 atom stereocenters. The molecule has 3 rings (SSSR count). The maximum Gasteiger partial charge on any atom is 0.524 e. The van der Waals surface area contributed by atoms with Crippen LogP contribution < -0.4 is 5.32 Å². The Morgan fingerprint density at radius 3 is 2.14 bits per heavy atom. The minimum Gasteiger partial charge on any atom is -0.445 e. The van der Waals surface area contributed by atoms with Crippen molar-refractivity contribution in [1.29, 1.82) is 0 Å². The number of carbonyl (C=O) groups is 3. The summed E-state index contributed by atoms with van der Waals surface area (Å²) in [6.45, 7) is 7.32. The molecule has 1 aliphatic rings. The van der Waals surface area contributed by atoms with Gasteiger partial charge in [-0.3, -0.25) is 0 Å². The Bertz CT molecular complexity index is 1040. The Kier molecular flexibility index (Phi) is 8.87. The number of imide groups is 1. The summed E-state index contributed by atoms with van der Waals surface area (Å²) in [6, 6.07) is 17.1. The molecule has 0 spiro atoms. The van der Waals surface area contributed by atoms with Crippen LogP contribution in [0.5, 0.6) is 0 Å². The van der Waals surface area contributed by atoms with E-state index >= 15 is 0 Å². The summed E-state index contributed by atoms with van der Waals surface area (Å²) in [5, 5.41) is 14.0. The van der Waals surface area contributed by atoms with E-state index in [1.165, 1.54) is 0 Å². The molecule has 2 N–H and O–H groups in total. The van der Waals surface area contributed by atoms with Gasteiger partial charge < -0.3 is 19.9 Å². The van der Waals surface area contributed by atoms with Gasteiger partial charge in [0.2, 0.25) is 0 Å². The van der Waals surface area contributed by atoms with Crippen LogP contribution in [0.2, 0.25) is 0 Å². The Morgan fingerprint density at radius 1 is 1.03 bits per heavy atom. The molecule has 0 saturated carbocycles. The number of quaternary nitrogens is 1. The fourth-order valence-corrected chi connectivity index (χ4v) is 4.54. The molecular weight excluding hydrogens is 460 g/mol. The SMILES string of the molecule is C[C@H]1CCC[N@+]1(C(=O)OC(C)(C)C)C(=O)C(O)[C@H](Cc1ccccc1)NC(=O)OCc1ccccc1. The van der Waals surface area contributed by atoms with Gasteiger partial charge in [-0.05, 0) is 45.2 Å². The smallest absolute Gasteiger partial charge is 0.445 e. The number of hydrogen-bond donors (Lipinski definition) is 2. The van der Waals surface area contributed by atoms with Crippen LogP contribution in [0.15, 0.2) is 60.7 Å². The van der Waals surface area contributed by atoms with Crippen molar-refractivity contribution in [3.05, 3.63) is 71.8 Å². The molecule has 1 aliphatic heterocycles. The highest BCUT2D eigenvalue weighted by molar-refractivity contribution is 5.85. The number of nitrogens with zero attached hydrogens (tertiary/aromatic N) is 1. The lowest BCUT2D eigenvalue weighted by Gasteiger charge is -2.36. The Hall–Kier alpha value is -3.23. The van der Waals surface area contributed by atoms with Crippen molar-refractivity contribution in [3.8, 4) is 0 Å². The van der Waals surface area contributed by atoms with Gasteiger partial charge in [0.05, 0.1) is 12.6 Å². The molecule has 3 amide bonds. The van der Waals surface area contributed by atoms with Crippen LogP contribution in [0.3, 0.4) is 0 Å². The van der Waals surface area contributed by atoms with E-state index in [9.17, 15) is 19.5 Å². The summed E-state index contributed by atoms with van der Waals surface area (Å²) in [5.41, 5.74) is 0.832. The molecule has 8 heteroatoms. The number of aliphatic hydroxyl groups is 1. The lowest BCUT2D eigenvalue weighted by atomic mass is 9.99. The first-order valence-electron chi connectivity index (χ1n) is 12.4. The number of carbonyl (C=O) groups excluding carboxylic acids is 3. The van der Waals surface area contributed by atoms with Gasteiger partial charge in [-0.15, -0.1) is 0 Å². The molecule has 0 bridgehead atoms. The highest BCUT2D eigenvalue weighted by Crippen LogP contribution is 2.32. The minimum absolute atomic E-state index is 0.0454.